The third kappa shape index (κ3) is 3.95. The van der Waals surface area contributed by atoms with Gasteiger partial charge in [0.15, 0.2) is 0 Å². The molecular formula is C23H37NO6. The van der Waals surface area contributed by atoms with Crippen LogP contribution in [0.25, 0.3) is 0 Å². The van der Waals surface area contributed by atoms with Gasteiger partial charge in [-0.1, -0.05) is 12.8 Å². The van der Waals surface area contributed by atoms with Gasteiger partial charge in [0.05, 0.1) is 18.0 Å². The summed E-state index contributed by atoms with van der Waals surface area (Å²) in [5.74, 6) is 4.30. The summed E-state index contributed by atoms with van der Waals surface area (Å²) in [6.07, 6.45) is 2.45. The fraction of sp³-hybridized carbons (Fsp3) is 0.870. The number of unbranched alkanes of at least 4 members (excludes halogenated alkanes) is 1. The Morgan fingerprint density at radius 3 is 2.23 bits per heavy atom. The topological polar surface area (TPSA) is 66.5 Å². The molecule has 2 saturated heterocycles. The first kappa shape index (κ1) is 23.3. The first-order valence-corrected chi connectivity index (χ1v) is 10.9. The van der Waals surface area contributed by atoms with Crippen LogP contribution in [0, 0.1) is 17.8 Å². The molecule has 2 heterocycles. The van der Waals surface area contributed by atoms with Gasteiger partial charge in [0.25, 0.3) is 0 Å². The monoisotopic (exact) mass is 423 g/mol. The number of hydrogen-bond acceptors (Lipinski definition) is 6. The highest BCUT2D eigenvalue weighted by Crippen LogP contribution is 2.56. The Morgan fingerprint density at radius 2 is 1.73 bits per heavy atom. The predicted molar refractivity (Wildman–Crippen MR) is 112 cm³/mol. The molecule has 0 N–H and O–H groups in total. The van der Waals surface area contributed by atoms with Crippen LogP contribution < -0.4 is 0 Å². The SMILES string of the molecule is CCCC#CC1C2OC(C)(OC)C(C)(OC)OC2CN(C(=O)OC(C)(C)C)C12CC2. The standard InChI is InChI=1S/C23H37NO6/c1-9-10-11-12-16-18-17(28-21(5,26-7)22(6,27-8)29-18)15-24(23(16)13-14-23)19(25)30-20(2,3)4/h16-18H,9-10,13-15H2,1-8H3. The van der Waals surface area contributed by atoms with E-state index in [1.807, 2.05) is 32.6 Å². The van der Waals surface area contributed by atoms with Crippen LogP contribution in [0.15, 0.2) is 0 Å². The molecule has 3 aliphatic rings. The van der Waals surface area contributed by atoms with Gasteiger partial charge >= 0.3 is 6.09 Å². The van der Waals surface area contributed by atoms with E-state index >= 15 is 0 Å². The normalized spacial score (nSPS) is 37.2. The third-order valence-electron chi connectivity index (χ3n) is 6.52. The lowest BCUT2D eigenvalue weighted by molar-refractivity contribution is -0.456. The zero-order valence-electron chi connectivity index (χ0n) is 19.7. The maximum atomic E-state index is 13.1. The number of carbonyl (C=O) groups excluding carboxylic acids is 1. The minimum absolute atomic E-state index is 0.189. The van der Waals surface area contributed by atoms with E-state index in [2.05, 4.69) is 18.8 Å². The molecule has 0 bridgehead atoms. The number of ether oxygens (including phenoxy) is 5. The van der Waals surface area contributed by atoms with E-state index in [1.165, 1.54) is 0 Å². The van der Waals surface area contributed by atoms with Crippen LogP contribution >= 0.6 is 0 Å². The maximum Gasteiger partial charge on any atom is 0.410 e. The quantitative estimate of drug-likeness (QED) is 0.645. The van der Waals surface area contributed by atoms with Crippen LogP contribution in [0.1, 0.15) is 67.2 Å². The Bertz CT molecular complexity index is 717. The Hall–Kier alpha value is -1.33. The fourth-order valence-electron chi connectivity index (χ4n) is 4.44. The molecule has 3 rings (SSSR count). The molecule has 1 saturated carbocycles. The molecule has 3 fully saturated rings. The molecule has 5 atom stereocenters. The van der Waals surface area contributed by atoms with Crippen LogP contribution in [0.4, 0.5) is 4.79 Å². The molecular weight excluding hydrogens is 386 g/mol. The fourth-order valence-corrected chi connectivity index (χ4v) is 4.44. The summed E-state index contributed by atoms with van der Waals surface area (Å²) in [5, 5.41) is 0. The zero-order chi connectivity index (χ0) is 22.4. The van der Waals surface area contributed by atoms with Crippen molar-refractivity contribution < 1.29 is 28.5 Å². The summed E-state index contributed by atoms with van der Waals surface area (Å²) in [7, 11) is 3.15. The van der Waals surface area contributed by atoms with Gasteiger partial charge in [0.1, 0.15) is 17.8 Å². The Kier molecular flexibility index (Phi) is 6.21. The molecule has 2 aliphatic heterocycles. The van der Waals surface area contributed by atoms with Crippen molar-refractivity contribution in [1.82, 2.24) is 4.90 Å². The summed E-state index contributed by atoms with van der Waals surface area (Å²) in [4.78, 5) is 15.0. The lowest BCUT2D eigenvalue weighted by Gasteiger charge is -2.57. The van der Waals surface area contributed by atoms with Gasteiger partial charge in [0, 0.05) is 20.6 Å². The van der Waals surface area contributed by atoms with Gasteiger partial charge in [-0.05, 0) is 53.9 Å². The number of carbonyl (C=O) groups is 1. The second kappa shape index (κ2) is 7.98. The van der Waals surface area contributed by atoms with Crippen molar-refractivity contribution in [2.75, 3.05) is 20.8 Å². The van der Waals surface area contributed by atoms with E-state index in [1.54, 1.807) is 21.1 Å². The first-order valence-electron chi connectivity index (χ1n) is 10.9. The molecule has 0 aromatic rings. The number of hydrogen-bond donors (Lipinski definition) is 0. The molecule has 170 valence electrons. The number of nitrogens with zero attached hydrogens (tertiary/aromatic N) is 1. The Labute approximate surface area is 180 Å². The van der Waals surface area contributed by atoms with Crippen molar-refractivity contribution in [2.24, 2.45) is 5.92 Å². The van der Waals surface area contributed by atoms with Crippen molar-refractivity contribution in [3.8, 4) is 11.8 Å². The van der Waals surface area contributed by atoms with Crippen LogP contribution in [-0.2, 0) is 23.7 Å². The number of piperidine rings is 1. The van der Waals surface area contributed by atoms with Gasteiger partial charge in [-0.25, -0.2) is 4.79 Å². The summed E-state index contributed by atoms with van der Waals surface area (Å²) in [5.41, 5.74) is -0.962. The minimum atomic E-state index is -1.13. The first-order chi connectivity index (χ1) is 14.0. The van der Waals surface area contributed by atoms with Gasteiger partial charge in [-0.2, -0.15) is 0 Å². The number of amides is 1. The number of fused-ring (bicyclic) bond motifs is 1. The summed E-state index contributed by atoms with van der Waals surface area (Å²) < 4.78 is 30.1. The highest BCUT2D eigenvalue weighted by Gasteiger charge is 2.68. The molecule has 5 unspecified atom stereocenters. The smallest absolute Gasteiger partial charge is 0.410 e. The highest BCUT2D eigenvalue weighted by molar-refractivity contribution is 5.70. The second-order valence-electron chi connectivity index (χ2n) is 9.78. The van der Waals surface area contributed by atoms with Gasteiger partial charge in [-0.15, -0.1) is 5.92 Å². The molecule has 30 heavy (non-hydrogen) atoms. The maximum absolute atomic E-state index is 13.1. The third-order valence-corrected chi connectivity index (χ3v) is 6.52. The molecule has 1 spiro atoms. The van der Waals surface area contributed by atoms with Crippen LogP contribution in [0.3, 0.4) is 0 Å². The molecule has 0 aromatic carbocycles. The number of likely N-dealkylation sites (tertiary alicyclic amines) is 1. The number of methoxy groups -OCH3 is 2. The lowest BCUT2D eigenvalue weighted by atomic mass is 9.81. The zero-order valence-corrected chi connectivity index (χ0v) is 19.7. The molecule has 1 amide bonds. The van der Waals surface area contributed by atoms with Crippen molar-refractivity contribution >= 4 is 6.09 Å². The van der Waals surface area contributed by atoms with E-state index in [-0.39, 0.29) is 23.7 Å². The van der Waals surface area contributed by atoms with E-state index in [4.69, 9.17) is 23.7 Å². The second-order valence-corrected chi connectivity index (χ2v) is 9.78. The summed E-state index contributed by atoms with van der Waals surface area (Å²) in [6, 6.07) is 0. The largest absolute Gasteiger partial charge is 0.444 e. The number of rotatable bonds is 3. The van der Waals surface area contributed by atoms with E-state index in [0.717, 1.165) is 25.7 Å². The van der Waals surface area contributed by atoms with Crippen LogP contribution in [-0.4, -0.2) is 66.7 Å². The van der Waals surface area contributed by atoms with E-state index in [0.29, 0.717) is 6.54 Å². The van der Waals surface area contributed by atoms with E-state index in [9.17, 15) is 4.79 Å². The van der Waals surface area contributed by atoms with Crippen LogP contribution in [0.2, 0.25) is 0 Å². The molecule has 1 aliphatic carbocycles. The average molecular weight is 424 g/mol. The van der Waals surface area contributed by atoms with Gasteiger partial charge < -0.3 is 23.7 Å². The molecule has 7 heteroatoms. The molecule has 0 radical (unpaired) electrons. The predicted octanol–water partition coefficient (Wildman–Crippen LogP) is 3.70. The average Bonchev–Trinajstić information content (AvgIpc) is 3.45. The Morgan fingerprint density at radius 1 is 1.13 bits per heavy atom. The molecule has 7 nitrogen and oxygen atoms in total. The lowest BCUT2D eigenvalue weighted by Crippen LogP contribution is -2.72. The van der Waals surface area contributed by atoms with E-state index < -0.39 is 23.3 Å². The van der Waals surface area contributed by atoms with Crippen molar-refractivity contribution in [2.45, 2.75) is 102 Å². The van der Waals surface area contributed by atoms with Gasteiger partial charge in [-0.3, -0.25) is 4.90 Å². The van der Waals surface area contributed by atoms with Crippen molar-refractivity contribution in [1.29, 1.82) is 0 Å². The van der Waals surface area contributed by atoms with Crippen LogP contribution in [0.5, 0.6) is 0 Å². The highest BCUT2D eigenvalue weighted by atomic mass is 16.8. The summed E-state index contributed by atoms with van der Waals surface area (Å²) >= 11 is 0. The van der Waals surface area contributed by atoms with Gasteiger partial charge in [0.2, 0.25) is 11.6 Å². The Balaban J connectivity index is 1.98. The minimum Gasteiger partial charge on any atom is -0.444 e. The van der Waals surface area contributed by atoms with Crippen molar-refractivity contribution in [3.05, 3.63) is 0 Å². The molecule has 0 aromatic heterocycles. The van der Waals surface area contributed by atoms with Crippen molar-refractivity contribution in [3.63, 3.8) is 0 Å². The summed E-state index contributed by atoms with van der Waals surface area (Å²) in [6.45, 7) is 11.7.